The van der Waals surface area contributed by atoms with Crippen LogP contribution in [0.4, 0.5) is 0 Å². The highest BCUT2D eigenvalue weighted by atomic mass is 15.1. The van der Waals surface area contributed by atoms with E-state index in [-0.39, 0.29) is 5.54 Å². The van der Waals surface area contributed by atoms with Gasteiger partial charge < -0.3 is 10.2 Å². The van der Waals surface area contributed by atoms with Crippen LogP contribution in [-0.2, 0) is 0 Å². The van der Waals surface area contributed by atoms with Crippen molar-refractivity contribution < 1.29 is 0 Å². The van der Waals surface area contributed by atoms with Crippen LogP contribution < -0.4 is 5.32 Å². The largest absolute Gasteiger partial charge is 0.306 e. The van der Waals surface area contributed by atoms with Gasteiger partial charge in [-0.2, -0.15) is 5.26 Å². The molecule has 14 heavy (non-hydrogen) atoms. The number of nitrogens with zero attached hydrogens (tertiary/aromatic N) is 2. The number of hydrogen-bond acceptors (Lipinski definition) is 3. The fourth-order valence-electron chi connectivity index (χ4n) is 1.69. The molecule has 1 aliphatic heterocycles. The molecule has 0 aliphatic carbocycles. The Bertz CT molecular complexity index is 185. The van der Waals surface area contributed by atoms with Gasteiger partial charge in [-0.25, -0.2) is 0 Å². The summed E-state index contributed by atoms with van der Waals surface area (Å²) >= 11 is 0. The summed E-state index contributed by atoms with van der Waals surface area (Å²) in [5.74, 6) is 0. The molecule has 1 aliphatic rings. The molecule has 0 spiro atoms. The zero-order valence-electron chi connectivity index (χ0n) is 9.93. The highest BCUT2D eigenvalue weighted by molar-refractivity contribution is 5.07. The van der Waals surface area contributed by atoms with Crippen molar-refractivity contribution in [1.82, 2.24) is 10.2 Å². The molecule has 1 fully saturated rings. The molecule has 0 bridgehead atoms. The molecule has 82 valence electrons. The summed E-state index contributed by atoms with van der Waals surface area (Å²) < 4.78 is 0. The van der Waals surface area contributed by atoms with E-state index in [4.69, 9.17) is 5.26 Å². The van der Waals surface area contributed by atoms with E-state index in [1.54, 1.807) is 0 Å². The lowest BCUT2D eigenvalue weighted by Crippen LogP contribution is -2.42. The predicted molar refractivity (Wildman–Crippen MR) is 60.1 cm³/mol. The van der Waals surface area contributed by atoms with Crippen LogP contribution in [0.2, 0.25) is 0 Å². The van der Waals surface area contributed by atoms with Gasteiger partial charge in [0.05, 0.1) is 6.07 Å². The Hall–Kier alpha value is -0.590. The summed E-state index contributed by atoms with van der Waals surface area (Å²) in [6, 6.07) is 2.39. The smallest absolute Gasteiger partial charge is 0.107 e. The number of likely N-dealkylation sites (tertiary alicyclic amines) is 1. The summed E-state index contributed by atoms with van der Waals surface area (Å²) in [5, 5.41) is 12.2. The standard InChI is InChI=1S/C9H17N3.C2H6/c1-11-9(8-10)4-3-6-12(2)7-5-9;1-2/h11H,3-7H2,1-2H3;1-2H3. The van der Waals surface area contributed by atoms with E-state index in [0.29, 0.717) is 0 Å². The van der Waals surface area contributed by atoms with E-state index in [2.05, 4.69) is 23.3 Å². The molecule has 1 atom stereocenters. The van der Waals surface area contributed by atoms with E-state index in [1.165, 1.54) is 0 Å². The van der Waals surface area contributed by atoms with E-state index >= 15 is 0 Å². The molecule has 1 rings (SSSR count). The van der Waals surface area contributed by atoms with E-state index < -0.39 is 0 Å². The van der Waals surface area contributed by atoms with Crippen molar-refractivity contribution in [3.8, 4) is 6.07 Å². The first-order valence-corrected chi connectivity index (χ1v) is 5.51. The number of rotatable bonds is 1. The third-order valence-electron chi connectivity index (χ3n) is 2.76. The van der Waals surface area contributed by atoms with E-state index in [9.17, 15) is 0 Å². The normalized spacial score (nSPS) is 28.2. The summed E-state index contributed by atoms with van der Waals surface area (Å²) in [6.45, 7) is 6.14. The van der Waals surface area contributed by atoms with Crippen molar-refractivity contribution in [1.29, 1.82) is 5.26 Å². The maximum atomic E-state index is 9.02. The van der Waals surface area contributed by atoms with Gasteiger partial charge in [0.25, 0.3) is 0 Å². The second-order valence-corrected chi connectivity index (χ2v) is 3.60. The molecule has 0 amide bonds. The maximum absolute atomic E-state index is 9.02. The van der Waals surface area contributed by atoms with Gasteiger partial charge in [-0.15, -0.1) is 0 Å². The van der Waals surface area contributed by atoms with Gasteiger partial charge in [-0.1, -0.05) is 13.8 Å². The third-order valence-corrected chi connectivity index (χ3v) is 2.76. The Morgan fingerprint density at radius 3 is 2.43 bits per heavy atom. The first-order valence-electron chi connectivity index (χ1n) is 5.51. The maximum Gasteiger partial charge on any atom is 0.107 e. The van der Waals surface area contributed by atoms with Gasteiger partial charge in [-0.3, -0.25) is 0 Å². The van der Waals surface area contributed by atoms with Crippen LogP contribution in [0, 0.1) is 11.3 Å². The van der Waals surface area contributed by atoms with Crippen molar-refractivity contribution in [2.75, 3.05) is 27.2 Å². The average molecular weight is 197 g/mol. The van der Waals surface area contributed by atoms with Crippen LogP contribution in [0.3, 0.4) is 0 Å². The minimum atomic E-state index is -0.259. The van der Waals surface area contributed by atoms with Crippen molar-refractivity contribution in [3.63, 3.8) is 0 Å². The van der Waals surface area contributed by atoms with Crippen LogP contribution in [0.25, 0.3) is 0 Å². The molecule has 0 aromatic rings. The summed E-state index contributed by atoms with van der Waals surface area (Å²) in [6.07, 6.45) is 3.03. The van der Waals surface area contributed by atoms with Crippen molar-refractivity contribution in [3.05, 3.63) is 0 Å². The van der Waals surface area contributed by atoms with Crippen LogP contribution in [0.1, 0.15) is 33.1 Å². The van der Waals surface area contributed by atoms with Gasteiger partial charge in [0, 0.05) is 6.54 Å². The molecule has 1 saturated heterocycles. The Morgan fingerprint density at radius 2 is 1.93 bits per heavy atom. The molecule has 3 nitrogen and oxygen atoms in total. The van der Waals surface area contributed by atoms with E-state index in [0.717, 1.165) is 32.4 Å². The van der Waals surface area contributed by atoms with Crippen molar-refractivity contribution in [2.45, 2.75) is 38.6 Å². The number of nitriles is 1. The Balaban J connectivity index is 0.000000791. The quantitative estimate of drug-likeness (QED) is 0.694. The molecule has 1 unspecified atom stereocenters. The lowest BCUT2D eigenvalue weighted by molar-refractivity contribution is 0.333. The third kappa shape index (κ3) is 3.65. The first kappa shape index (κ1) is 13.4. The van der Waals surface area contributed by atoms with Crippen LogP contribution in [-0.4, -0.2) is 37.6 Å². The second kappa shape index (κ2) is 6.80. The molecule has 0 radical (unpaired) electrons. The van der Waals surface area contributed by atoms with Crippen LogP contribution in [0.15, 0.2) is 0 Å². The van der Waals surface area contributed by atoms with Crippen molar-refractivity contribution in [2.24, 2.45) is 0 Å². The van der Waals surface area contributed by atoms with Gasteiger partial charge in [0.1, 0.15) is 5.54 Å². The van der Waals surface area contributed by atoms with Crippen LogP contribution in [0.5, 0.6) is 0 Å². The topological polar surface area (TPSA) is 39.1 Å². The van der Waals surface area contributed by atoms with Gasteiger partial charge in [0.15, 0.2) is 0 Å². The molecule has 1 heterocycles. The summed E-state index contributed by atoms with van der Waals surface area (Å²) in [4.78, 5) is 2.29. The predicted octanol–water partition coefficient (Wildman–Crippen LogP) is 1.61. The van der Waals surface area contributed by atoms with Gasteiger partial charge in [-0.05, 0) is 39.9 Å². The van der Waals surface area contributed by atoms with E-state index in [1.807, 2.05) is 20.9 Å². The first-order chi connectivity index (χ1) is 6.72. The molecular formula is C11H23N3. The lowest BCUT2D eigenvalue weighted by atomic mass is 9.93. The zero-order chi connectivity index (χ0) is 11.0. The Kier molecular flexibility index (Phi) is 6.52. The summed E-state index contributed by atoms with van der Waals surface area (Å²) in [5.41, 5.74) is -0.259. The fraction of sp³-hybridized carbons (Fsp3) is 0.909. The molecule has 0 saturated carbocycles. The molecule has 1 N–H and O–H groups in total. The van der Waals surface area contributed by atoms with Gasteiger partial charge in [0.2, 0.25) is 0 Å². The second-order valence-electron chi connectivity index (χ2n) is 3.60. The zero-order valence-corrected chi connectivity index (χ0v) is 9.93. The minimum Gasteiger partial charge on any atom is -0.306 e. The summed E-state index contributed by atoms with van der Waals surface area (Å²) in [7, 11) is 4.00. The SMILES string of the molecule is CC.CNC1(C#N)CCCN(C)CC1. The highest BCUT2D eigenvalue weighted by Crippen LogP contribution is 2.20. The van der Waals surface area contributed by atoms with Crippen LogP contribution >= 0.6 is 0 Å². The monoisotopic (exact) mass is 197 g/mol. The molecule has 0 aromatic carbocycles. The number of hydrogen-bond donors (Lipinski definition) is 1. The average Bonchev–Trinajstić information content (AvgIpc) is 2.44. The molecule has 3 heteroatoms. The Labute approximate surface area is 88.1 Å². The highest BCUT2D eigenvalue weighted by Gasteiger charge is 2.29. The minimum absolute atomic E-state index is 0.259. The van der Waals surface area contributed by atoms with Gasteiger partial charge >= 0.3 is 0 Å². The lowest BCUT2D eigenvalue weighted by Gasteiger charge is -2.23. The molecular weight excluding hydrogens is 174 g/mol. The molecule has 0 aromatic heterocycles. The Morgan fingerprint density at radius 1 is 1.29 bits per heavy atom. The fourth-order valence-corrected chi connectivity index (χ4v) is 1.69. The number of nitrogens with one attached hydrogen (secondary N) is 1. The van der Waals surface area contributed by atoms with Crippen molar-refractivity contribution >= 4 is 0 Å².